The first-order valence-corrected chi connectivity index (χ1v) is 8.69. The number of nitrogens with zero attached hydrogens (tertiary/aromatic N) is 2. The monoisotopic (exact) mass is 341 g/mol. The Balaban J connectivity index is 1.42. The number of ether oxygens (including phenoxy) is 1. The zero-order valence-corrected chi connectivity index (χ0v) is 14.2. The number of para-hydroxylation sites is 1. The Kier molecular flexibility index (Phi) is 5.95. The molecule has 0 aliphatic carbocycles. The number of rotatable bonds is 6. The second kappa shape index (κ2) is 8.58. The van der Waals surface area contributed by atoms with Crippen molar-refractivity contribution in [2.24, 2.45) is 0 Å². The summed E-state index contributed by atoms with van der Waals surface area (Å²) in [6, 6.07) is 10.0. The van der Waals surface area contributed by atoms with Gasteiger partial charge in [-0.2, -0.15) is 0 Å². The van der Waals surface area contributed by atoms with Crippen molar-refractivity contribution >= 4 is 22.7 Å². The third-order valence-corrected chi connectivity index (χ3v) is 4.36. The molecule has 1 aliphatic rings. The van der Waals surface area contributed by atoms with Crippen molar-refractivity contribution in [3.05, 3.63) is 42.1 Å². The minimum atomic E-state index is -0.0881. The van der Waals surface area contributed by atoms with Crippen molar-refractivity contribution in [2.75, 3.05) is 32.8 Å². The maximum atomic E-state index is 12.0. The lowest BCUT2D eigenvalue weighted by Gasteiger charge is -2.26. The number of morpholine rings is 1. The molecule has 132 valence electrons. The van der Waals surface area contributed by atoms with Gasteiger partial charge in [0.15, 0.2) is 0 Å². The van der Waals surface area contributed by atoms with Crippen LogP contribution in [0.25, 0.3) is 10.9 Å². The summed E-state index contributed by atoms with van der Waals surface area (Å²) >= 11 is 0. The fourth-order valence-electron chi connectivity index (χ4n) is 2.99. The minimum Gasteiger partial charge on any atom is -0.378 e. The number of nitrogens with one attached hydrogen (secondary N) is 1. The lowest BCUT2D eigenvalue weighted by Crippen LogP contribution is -2.41. The molecular weight excluding hydrogens is 318 g/mol. The molecule has 0 spiro atoms. The molecule has 2 amide bonds. The summed E-state index contributed by atoms with van der Waals surface area (Å²) in [6.07, 6.45) is 2.98. The van der Waals surface area contributed by atoms with E-state index in [1.54, 1.807) is 11.1 Å². The van der Waals surface area contributed by atoms with E-state index < -0.39 is 0 Å². The molecular formula is C19H23N3O3. The highest BCUT2D eigenvalue weighted by Gasteiger charge is 2.17. The number of carbonyl (C=O) groups is 2. The second-order valence-corrected chi connectivity index (χ2v) is 6.09. The predicted octanol–water partition coefficient (Wildman–Crippen LogP) is 1.53. The summed E-state index contributed by atoms with van der Waals surface area (Å²) in [5.41, 5.74) is 2.09. The van der Waals surface area contributed by atoms with Gasteiger partial charge >= 0.3 is 0 Å². The molecule has 0 saturated carbocycles. The summed E-state index contributed by atoms with van der Waals surface area (Å²) in [5, 5.41) is 3.99. The van der Waals surface area contributed by atoms with E-state index in [-0.39, 0.29) is 24.7 Å². The minimum absolute atomic E-state index is 0.0247. The lowest BCUT2D eigenvalue weighted by atomic mass is 10.1. The van der Waals surface area contributed by atoms with Crippen LogP contribution in [-0.2, 0) is 20.7 Å². The molecule has 2 heterocycles. The number of pyridine rings is 1. The Morgan fingerprint density at radius 2 is 1.92 bits per heavy atom. The van der Waals surface area contributed by atoms with Gasteiger partial charge in [0.1, 0.15) is 0 Å². The standard InChI is InChI=1S/C19H23N3O3/c23-17(6-7-18(24)22-11-13-25-14-12-22)20-10-8-16-4-1-3-15-5-2-9-21-19(15)16/h1-5,9H,6-8,10-14H2,(H,20,23). The molecule has 6 heteroatoms. The molecule has 1 N–H and O–H groups in total. The third kappa shape index (κ3) is 4.76. The maximum absolute atomic E-state index is 12.0. The summed E-state index contributed by atoms with van der Waals surface area (Å²) in [4.78, 5) is 30.2. The number of aromatic nitrogens is 1. The molecule has 2 aromatic rings. The molecule has 0 unspecified atom stereocenters. The van der Waals surface area contributed by atoms with Crippen LogP contribution in [0.5, 0.6) is 0 Å². The predicted molar refractivity (Wildman–Crippen MR) is 95.1 cm³/mol. The van der Waals surface area contributed by atoms with Gasteiger partial charge in [0.25, 0.3) is 0 Å². The van der Waals surface area contributed by atoms with Gasteiger partial charge in [0.2, 0.25) is 11.8 Å². The molecule has 1 fully saturated rings. The number of fused-ring (bicyclic) bond motifs is 1. The van der Waals surface area contributed by atoms with E-state index in [0.29, 0.717) is 32.8 Å². The third-order valence-electron chi connectivity index (χ3n) is 4.36. The van der Waals surface area contributed by atoms with Gasteiger partial charge < -0.3 is 15.0 Å². The summed E-state index contributed by atoms with van der Waals surface area (Å²) in [5.74, 6) is -0.0634. The van der Waals surface area contributed by atoms with E-state index in [0.717, 1.165) is 22.9 Å². The zero-order valence-electron chi connectivity index (χ0n) is 14.2. The molecule has 0 bridgehead atoms. The molecule has 1 aromatic carbocycles. The van der Waals surface area contributed by atoms with Gasteiger partial charge in [-0.1, -0.05) is 24.3 Å². The van der Waals surface area contributed by atoms with Crippen LogP contribution in [0.2, 0.25) is 0 Å². The maximum Gasteiger partial charge on any atom is 0.223 e. The Hall–Kier alpha value is -2.47. The number of benzene rings is 1. The van der Waals surface area contributed by atoms with E-state index in [4.69, 9.17) is 4.74 Å². The number of carbonyl (C=O) groups excluding carboxylic acids is 2. The van der Waals surface area contributed by atoms with Crippen LogP contribution in [0.15, 0.2) is 36.5 Å². The first kappa shape index (κ1) is 17.4. The van der Waals surface area contributed by atoms with Crippen molar-refractivity contribution in [1.82, 2.24) is 15.2 Å². The van der Waals surface area contributed by atoms with Gasteiger partial charge in [-0.05, 0) is 18.1 Å². The molecule has 3 rings (SSSR count). The first-order valence-electron chi connectivity index (χ1n) is 8.69. The first-order chi connectivity index (χ1) is 12.2. The average Bonchev–Trinajstić information content (AvgIpc) is 2.67. The number of amides is 2. The smallest absolute Gasteiger partial charge is 0.223 e. The highest BCUT2D eigenvalue weighted by Crippen LogP contribution is 2.16. The molecule has 0 atom stereocenters. The molecule has 25 heavy (non-hydrogen) atoms. The van der Waals surface area contributed by atoms with Crippen molar-refractivity contribution in [3.63, 3.8) is 0 Å². The Morgan fingerprint density at radius 3 is 2.76 bits per heavy atom. The molecule has 1 aliphatic heterocycles. The van der Waals surface area contributed by atoms with Gasteiger partial charge in [0, 0.05) is 44.1 Å². The summed E-state index contributed by atoms with van der Waals surface area (Å²) in [6.45, 7) is 2.94. The second-order valence-electron chi connectivity index (χ2n) is 6.09. The Labute approximate surface area is 147 Å². The molecule has 1 aromatic heterocycles. The number of hydrogen-bond acceptors (Lipinski definition) is 4. The Bertz CT molecular complexity index is 736. The highest BCUT2D eigenvalue weighted by molar-refractivity contribution is 5.84. The van der Waals surface area contributed by atoms with Crippen LogP contribution in [-0.4, -0.2) is 54.5 Å². The van der Waals surface area contributed by atoms with Gasteiger partial charge in [-0.15, -0.1) is 0 Å². The fraction of sp³-hybridized carbons (Fsp3) is 0.421. The molecule has 1 saturated heterocycles. The van der Waals surface area contributed by atoms with Crippen molar-refractivity contribution in [1.29, 1.82) is 0 Å². The van der Waals surface area contributed by atoms with Gasteiger partial charge in [0.05, 0.1) is 18.7 Å². The van der Waals surface area contributed by atoms with Crippen LogP contribution in [0, 0.1) is 0 Å². The topological polar surface area (TPSA) is 71.5 Å². The van der Waals surface area contributed by atoms with Crippen molar-refractivity contribution in [3.8, 4) is 0 Å². The Morgan fingerprint density at radius 1 is 1.12 bits per heavy atom. The van der Waals surface area contributed by atoms with Gasteiger partial charge in [-0.25, -0.2) is 0 Å². The van der Waals surface area contributed by atoms with E-state index >= 15 is 0 Å². The van der Waals surface area contributed by atoms with Crippen molar-refractivity contribution < 1.29 is 14.3 Å². The largest absolute Gasteiger partial charge is 0.378 e. The van der Waals surface area contributed by atoms with Gasteiger partial charge in [-0.3, -0.25) is 14.6 Å². The van der Waals surface area contributed by atoms with Crippen LogP contribution in [0.3, 0.4) is 0 Å². The van der Waals surface area contributed by atoms with Crippen LogP contribution < -0.4 is 5.32 Å². The molecule has 0 radical (unpaired) electrons. The van der Waals surface area contributed by atoms with Crippen LogP contribution in [0.4, 0.5) is 0 Å². The summed E-state index contributed by atoms with van der Waals surface area (Å²) < 4.78 is 5.22. The quantitative estimate of drug-likeness (QED) is 0.865. The average molecular weight is 341 g/mol. The summed E-state index contributed by atoms with van der Waals surface area (Å²) in [7, 11) is 0. The van der Waals surface area contributed by atoms with E-state index in [1.165, 1.54) is 0 Å². The van der Waals surface area contributed by atoms with Crippen molar-refractivity contribution in [2.45, 2.75) is 19.3 Å². The van der Waals surface area contributed by atoms with E-state index in [9.17, 15) is 9.59 Å². The van der Waals surface area contributed by atoms with E-state index in [1.807, 2.05) is 30.3 Å². The number of hydrogen-bond donors (Lipinski definition) is 1. The fourth-order valence-corrected chi connectivity index (χ4v) is 2.99. The zero-order chi connectivity index (χ0) is 17.5. The van der Waals surface area contributed by atoms with Crippen LogP contribution in [0.1, 0.15) is 18.4 Å². The highest BCUT2D eigenvalue weighted by atomic mass is 16.5. The van der Waals surface area contributed by atoms with E-state index in [2.05, 4.69) is 10.3 Å². The lowest BCUT2D eigenvalue weighted by molar-refractivity contribution is -0.137. The van der Waals surface area contributed by atoms with Crippen LogP contribution >= 0.6 is 0 Å². The SMILES string of the molecule is O=C(CCC(=O)N1CCOCC1)NCCc1cccc2cccnc12. The molecule has 6 nitrogen and oxygen atoms in total. The normalized spacial score (nSPS) is 14.5.